The van der Waals surface area contributed by atoms with Gasteiger partial charge in [-0.05, 0) is 24.3 Å². The molecule has 0 amide bonds. The van der Waals surface area contributed by atoms with Gasteiger partial charge in [0.05, 0.1) is 12.1 Å². The molecule has 0 bridgehead atoms. The van der Waals surface area contributed by atoms with Crippen molar-refractivity contribution in [1.29, 1.82) is 0 Å². The van der Waals surface area contributed by atoms with Gasteiger partial charge in [-0.15, -0.1) is 0 Å². The van der Waals surface area contributed by atoms with E-state index in [0.29, 0.717) is 5.56 Å². The van der Waals surface area contributed by atoms with Gasteiger partial charge < -0.3 is 5.11 Å². The lowest BCUT2D eigenvalue weighted by Crippen LogP contribution is -2.05. The minimum Gasteiger partial charge on any atom is -0.478 e. The van der Waals surface area contributed by atoms with Crippen molar-refractivity contribution < 1.29 is 14.3 Å². The Bertz CT molecular complexity index is 509. The van der Waals surface area contributed by atoms with E-state index in [2.05, 4.69) is 5.10 Å². The first-order valence-electron chi connectivity index (χ1n) is 4.66. The van der Waals surface area contributed by atoms with Gasteiger partial charge in [0, 0.05) is 18.0 Å². The van der Waals surface area contributed by atoms with Gasteiger partial charge >= 0.3 is 5.97 Å². The third kappa shape index (κ3) is 2.08. The second kappa shape index (κ2) is 4.14. The van der Waals surface area contributed by atoms with Crippen LogP contribution in [0.25, 0.3) is 0 Å². The summed E-state index contributed by atoms with van der Waals surface area (Å²) >= 11 is 0. The molecule has 0 aliphatic heterocycles. The van der Waals surface area contributed by atoms with Crippen LogP contribution in [0.5, 0.6) is 0 Å². The van der Waals surface area contributed by atoms with Crippen molar-refractivity contribution in [2.75, 3.05) is 0 Å². The van der Waals surface area contributed by atoms with Crippen LogP contribution in [0.4, 0.5) is 4.39 Å². The average molecular weight is 220 g/mol. The normalized spacial score (nSPS) is 10.3. The van der Waals surface area contributed by atoms with Crippen LogP contribution >= 0.6 is 0 Å². The smallest absolute Gasteiger partial charge is 0.335 e. The maximum Gasteiger partial charge on any atom is 0.335 e. The number of aromatic nitrogens is 2. The molecule has 1 N–H and O–H groups in total. The van der Waals surface area contributed by atoms with Crippen molar-refractivity contribution in [2.24, 2.45) is 0 Å². The van der Waals surface area contributed by atoms with E-state index < -0.39 is 11.8 Å². The summed E-state index contributed by atoms with van der Waals surface area (Å²) in [6.07, 6.45) is 3.27. The standard InChI is InChI=1S/C11H9FN2O2/c12-10-3-2-8(11(15)16)6-9(10)7-14-5-1-4-13-14/h1-6H,7H2,(H,15,16). The van der Waals surface area contributed by atoms with Gasteiger partial charge in [-0.25, -0.2) is 9.18 Å². The molecule has 1 aromatic heterocycles. The highest BCUT2D eigenvalue weighted by molar-refractivity contribution is 5.87. The van der Waals surface area contributed by atoms with E-state index in [-0.39, 0.29) is 12.1 Å². The van der Waals surface area contributed by atoms with Gasteiger partial charge in [0.1, 0.15) is 5.82 Å². The van der Waals surface area contributed by atoms with Crippen LogP contribution < -0.4 is 0 Å². The number of nitrogens with zero attached hydrogens (tertiary/aromatic N) is 2. The van der Waals surface area contributed by atoms with Crippen LogP contribution in [0.15, 0.2) is 36.7 Å². The molecule has 0 aliphatic carbocycles. The molecule has 5 heteroatoms. The van der Waals surface area contributed by atoms with Gasteiger partial charge in [0.2, 0.25) is 0 Å². The Balaban J connectivity index is 2.32. The minimum atomic E-state index is -1.07. The first kappa shape index (κ1) is 10.4. The van der Waals surface area contributed by atoms with E-state index in [4.69, 9.17) is 5.11 Å². The molecular weight excluding hydrogens is 211 g/mol. The number of carboxylic acid groups (broad SMARTS) is 1. The zero-order valence-corrected chi connectivity index (χ0v) is 8.30. The number of hydrogen-bond acceptors (Lipinski definition) is 2. The van der Waals surface area contributed by atoms with Crippen molar-refractivity contribution in [3.8, 4) is 0 Å². The largest absolute Gasteiger partial charge is 0.478 e. The number of hydrogen-bond donors (Lipinski definition) is 1. The van der Waals surface area contributed by atoms with Crippen molar-refractivity contribution in [3.63, 3.8) is 0 Å². The van der Waals surface area contributed by atoms with Crippen molar-refractivity contribution in [2.45, 2.75) is 6.54 Å². The number of rotatable bonds is 3. The summed E-state index contributed by atoms with van der Waals surface area (Å²) in [4.78, 5) is 10.7. The van der Waals surface area contributed by atoms with Crippen LogP contribution in [0.2, 0.25) is 0 Å². The SMILES string of the molecule is O=C(O)c1ccc(F)c(Cn2cccn2)c1. The third-order valence-corrected chi connectivity index (χ3v) is 2.18. The van der Waals surface area contributed by atoms with Gasteiger partial charge in [0.15, 0.2) is 0 Å². The Morgan fingerprint density at radius 1 is 1.50 bits per heavy atom. The van der Waals surface area contributed by atoms with Crippen LogP contribution in [0, 0.1) is 5.82 Å². The van der Waals surface area contributed by atoms with Gasteiger partial charge in [-0.2, -0.15) is 5.10 Å². The molecule has 1 aromatic carbocycles. The van der Waals surface area contributed by atoms with E-state index in [9.17, 15) is 9.18 Å². The van der Waals surface area contributed by atoms with Gasteiger partial charge in [-0.3, -0.25) is 4.68 Å². The van der Waals surface area contributed by atoms with E-state index in [1.807, 2.05) is 0 Å². The summed E-state index contributed by atoms with van der Waals surface area (Å²) in [5, 5.41) is 12.7. The monoisotopic (exact) mass is 220 g/mol. The molecule has 16 heavy (non-hydrogen) atoms. The van der Waals surface area contributed by atoms with Gasteiger partial charge in [-0.1, -0.05) is 0 Å². The van der Waals surface area contributed by atoms with E-state index >= 15 is 0 Å². The predicted molar refractivity (Wildman–Crippen MR) is 54.7 cm³/mol. The second-order valence-electron chi connectivity index (χ2n) is 3.31. The molecule has 82 valence electrons. The number of aromatic carboxylic acids is 1. The fourth-order valence-corrected chi connectivity index (χ4v) is 1.40. The molecular formula is C11H9FN2O2. The molecule has 0 aliphatic rings. The fraction of sp³-hybridized carbons (Fsp3) is 0.0909. The third-order valence-electron chi connectivity index (χ3n) is 2.18. The number of carboxylic acids is 1. The molecule has 0 fully saturated rings. The maximum atomic E-state index is 13.4. The molecule has 1 heterocycles. The lowest BCUT2D eigenvalue weighted by molar-refractivity contribution is 0.0696. The zero-order chi connectivity index (χ0) is 11.5. The molecule has 2 aromatic rings. The van der Waals surface area contributed by atoms with Crippen molar-refractivity contribution >= 4 is 5.97 Å². The molecule has 4 nitrogen and oxygen atoms in total. The number of halogens is 1. The van der Waals surface area contributed by atoms with E-state index in [0.717, 1.165) is 6.07 Å². The minimum absolute atomic E-state index is 0.0727. The summed E-state index contributed by atoms with van der Waals surface area (Å²) in [6, 6.07) is 5.44. The molecule has 0 unspecified atom stereocenters. The molecule has 0 spiro atoms. The molecule has 0 radical (unpaired) electrons. The predicted octanol–water partition coefficient (Wildman–Crippen LogP) is 1.77. The second-order valence-corrected chi connectivity index (χ2v) is 3.31. The fourth-order valence-electron chi connectivity index (χ4n) is 1.40. The topological polar surface area (TPSA) is 55.1 Å². The summed E-state index contributed by atoms with van der Waals surface area (Å²) in [7, 11) is 0. The van der Waals surface area contributed by atoms with Crippen LogP contribution in [-0.2, 0) is 6.54 Å². The lowest BCUT2D eigenvalue weighted by Gasteiger charge is -2.04. The summed E-state index contributed by atoms with van der Waals surface area (Å²) < 4.78 is 14.9. The van der Waals surface area contributed by atoms with Crippen LogP contribution in [0.1, 0.15) is 15.9 Å². The van der Waals surface area contributed by atoms with E-state index in [1.54, 1.807) is 18.5 Å². The summed E-state index contributed by atoms with van der Waals surface area (Å²) in [6.45, 7) is 0.222. The molecule has 2 rings (SSSR count). The molecule has 0 atom stereocenters. The highest BCUT2D eigenvalue weighted by Gasteiger charge is 2.08. The lowest BCUT2D eigenvalue weighted by atomic mass is 10.1. The summed E-state index contributed by atoms with van der Waals surface area (Å²) in [5.41, 5.74) is 0.382. The first-order chi connectivity index (χ1) is 7.66. The molecule has 0 saturated heterocycles. The number of carbonyl (C=O) groups is 1. The Morgan fingerprint density at radius 2 is 2.31 bits per heavy atom. The van der Waals surface area contributed by atoms with E-state index in [1.165, 1.54) is 16.8 Å². The Labute approximate surface area is 90.9 Å². The quantitative estimate of drug-likeness (QED) is 0.857. The highest BCUT2D eigenvalue weighted by Crippen LogP contribution is 2.12. The average Bonchev–Trinajstić information content (AvgIpc) is 2.73. The highest BCUT2D eigenvalue weighted by atomic mass is 19.1. The van der Waals surface area contributed by atoms with Gasteiger partial charge in [0.25, 0.3) is 0 Å². The van der Waals surface area contributed by atoms with Crippen LogP contribution in [-0.4, -0.2) is 20.9 Å². The van der Waals surface area contributed by atoms with Crippen molar-refractivity contribution in [3.05, 3.63) is 53.6 Å². The molecule has 0 saturated carbocycles. The Hall–Kier alpha value is -2.17. The Morgan fingerprint density at radius 3 is 2.94 bits per heavy atom. The number of benzene rings is 1. The maximum absolute atomic E-state index is 13.4. The van der Waals surface area contributed by atoms with Crippen molar-refractivity contribution in [1.82, 2.24) is 9.78 Å². The Kier molecular flexibility index (Phi) is 2.68. The first-order valence-corrected chi connectivity index (χ1v) is 4.66. The van der Waals surface area contributed by atoms with Crippen LogP contribution in [0.3, 0.4) is 0 Å². The summed E-state index contributed by atoms with van der Waals surface area (Å²) in [5.74, 6) is -1.50. The zero-order valence-electron chi connectivity index (χ0n) is 8.30.